The molecule has 3 amide bonds. The maximum atomic E-state index is 13.1. The first-order chi connectivity index (χ1) is 12.6. The highest BCUT2D eigenvalue weighted by atomic mass is 16.5. The maximum Gasteiger partial charge on any atom is 0.256 e. The van der Waals surface area contributed by atoms with Crippen molar-refractivity contribution in [2.45, 2.75) is 31.7 Å². The van der Waals surface area contributed by atoms with E-state index in [1.165, 1.54) is 4.90 Å². The van der Waals surface area contributed by atoms with E-state index in [1.807, 2.05) is 0 Å². The zero-order chi connectivity index (χ0) is 18.5. The van der Waals surface area contributed by atoms with Crippen LogP contribution < -0.4 is 10.2 Å². The highest BCUT2D eigenvalue weighted by Crippen LogP contribution is 2.31. The number of carbonyl (C=O) groups excluding carboxylic acids is 3. The number of piperidine rings is 1. The predicted octanol–water partition coefficient (Wildman–Crippen LogP) is 1.18. The number of methoxy groups -OCH3 is 1. The van der Waals surface area contributed by atoms with Crippen molar-refractivity contribution in [3.05, 3.63) is 29.8 Å². The van der Waals surface area contributed by atoms with Gasteiger partial charge in [0.1, 0.15) is 12.6 Å². The number of rotatable bonds is 6. The fraction of sp³-hybridized carbons (Fsp3) is 0.526. The van der Waals surface area contributed by atoms with Crippen molar-refractivity contribution in [3.8, 4) is 0 Å². The molecule has 1 aromatic rings. The molecule has 2 aliphatic heterocycles. The van der Waals surface area contributed by atoms with E-state index < -0.39 is 6.04 Å². The molecule has 0 aliphatic carbocycles. The van der Waals surface area contributed by atoms with Crippen molar-refractivity contribution in [1.82, 2.24) is 10.2 Å². The van der Waals surface area contributed by atoms with Gasteiger partial charge < -0.3 is 19.9 Å². The van der Waals surface area contributed by atoms with Crippen LogP contribution in [0.2, 0.25) is 0 Å². The number of hydrogen-bond acceptors (Lipinski definition) is 4. The predicted molar refractivity (Wildman–Crippen MR) is 97.0 cm³/mol. The highest BCUT2D eigenvalue weighted by Gasteiger charge is 2.40. The Bertz CT molecular complexity index is 691. The molecule has 0 spiro atoms. The van der Waals surface area contributed by atoms with Crippen LogP contribution in [0.4, 0.5) is 5.69 Å². The molecule has 0 bridgehead atoms. The Hall–Kier alpha value is -2.41. The first kappa shape index (κ1) is 18.4. The van der Waals surface area contributed by atoms with Crippen LogP contribution in [0.25, 0.3) is 0 Å². The lowest BCUT2D eigenvalue weighted by molar-refractivity contribution is -0.126. The topological polar surface area (TPSA) is 79.0 Å². The summed E-state index contributed by atoms with van der Waals surface area (Å²) in [5, 5.41) is 2.81. The van der Waals surface area contributed by atoms with Gasteiger partial charge in [-0.25, -0.2) is 0 Å². The molecule has 2 aliphatic rings. The Morgan fingerprint density at radius 1 is 1.27 bits per heavy atom. The molecule has 26 heavy (non-hydrogen) atoms. The first-order valence-corrected chi connectivity index (χ1v) is 9.10. The van der Waals surface area contributed by atoms with E-state index >= 15 is 0 Å². The summed E-state index contributed by atoms with van der Waals surface area (Å²) in [5.41, 5.74) is 1.00. The Morgan fingerprint density at radius 3 is 2.88 bits per heavy atom. The second-order valence-electron chi connectivity index (χ2n) is 6.65. The molecule has 7 heteroatoms. The van der Waals surface area contributed by atoms with Gasteiger partial charge in [0.25, 0.3) is 5.91 Å². The Balaban J connectivity index is 1.83. The first-order valence-electron chi connectivity index (χ1n) is 9.10. The van der Waals surface area contributed by atoms with Crippen molar-refractivity contribution in [2.75, 3.05) is 38.3 Å². The number of carbonyl (C=O) groups is 3. The molecule has 0 radical (unpaired) electrons. The summed E-state index contributed by atoms with van der Waals surface area (Å²) >= 11 is 0. The van der Waals surface area contributed by atoms with E-state index in [1.54, 1.807) is 36.3 Å². The summed E-state index contributed by atoms with van der Waals surface area (Å²) in [7, 11) is 1.61. The highest BCUT2D eigenvalue weighted by molar-refractivity contribution is 6.12. The lowest BCUT2D eigenvalue weighted by Gasteiger charge is -2.34. The molecular formula is C19H25N3O4. The normalized spacial score (nSPS) is 19.7. The number of nitrogens with one attached hydrogen (secondary N) is 1. The van der Waals surface area contributed by atoms with Crippen molar-refractivity contribution in [2.24, 2.45) is 0 Å². The number of benzene rings is 1. The van der Waals surface area contributed by atoms with Crippen LogP contribution in [0.15, 0.2) is 24.3 Å². The van der Waals surface area contributed by atoms with Gasteiger partial charge in [0.15, 0.2) is 0 Å². The number of ether oxygens (including phenoxy) is 1. The summed E-state index contributed by atoms with van der Waals surface area (Å²) < 4.78 is 4.97. The zero-order valence-corrected chi connectivity index (χ0v) is 15.1. The van der Waals surface area contributed by atoms with Crippen LogP contribution in [-0.2, 0) is 14.3 Å². The molecule has 140 valence electrons. The van der Waals surface area contributed by atoms with Gasteiger partial charge >= 0.3 is 0 Å². The van der Waals surface area contributed by atoms with Gasteiger partial charge in [-0.1, -0.05) is 12.1 Å². The Morgan fingerprint density at radius 2 is 2.08 bits per heavy atom. The van der Waals surface area contributed by atoms with E-state index in [9.17, 15) is 14.4 Å². The molecule has 1 aromatic carbocycles. The summed E-state index contributed by atoms with van der Waals surface area (Å²) in [5.74, 6) is -0.530. The Labute approximate surface area is 153 Å². The average Bonchev–Trinajstić information content (AvgIpc) is 2.76. The second kappa shape index (κ2) is 8.31. The van der Waals surface area contributed by atoms with E-state index in [0.717, 1.165) is 12.8 Å². The summed E-state index contributed by atoms with van der Waals surface area (Å²) in [6.45, 7) is 1.56. The fourth-order valence-electron chi connectivity index (χ4n) is 3.58. The molecule has 1 N–H and O–H groups in total. The lowest BCUT2D eigenvalue weighted by Crippen LogP contribution is -2.52. The maximum absolute atomic E-state index is 13.1. The van der Waals surface area contributed by atoms with E-state index in [0.29, 0.717) is 43.8 Å². The number of amides is 3. The quantitative estimate of drug-likeness (QED) is 0.774. The van der Waals surface area contributed by atoms with Crippen LogP contribution in [0.3, 0.4) is 0 Å². The van der Waals surface area contributed by atoms with Crippen molar-refractivity contribution in [1.29, 1.82) is 0 Å². The number of nitrogens with zero attached hydrogens (tertiary/aromatic N) is 2. The van der Waals surface area contributed by atoms with Gasteiger partial charge in [-0.15, -0.1) is 0 Å². The van der Waals surface area contributed by atoms with Crippen molar-refractivity contribution < 1.29 is 19.1 Å². The smallest absolute Gasteiger partial charge is 0.256 e. The third-order valence-electron chi connectivity index (χ3n) is 4.89. The van der Waals surface area contributed by atoms with Gasteiger partial charge in [-0.05, 0) is 37.8 Å². The summed E-state index contributed by atoms with van der Waals surface area (Å²) in [6, 6.07) is 6.56. The summed E-state index contributed by atoms with van der Waals surface area (Å²) in [6.07, 6.45) is 3.16. The van der Waals surface area contributed by atoms with Gasteiger partial charge in [0.05, 0.1) is 11.3 Å². The number of hydrogen-bond donors (Lipinski definition) is 1. The average molecular weight is 359 g/mol. The van der Waals surface area contributed by atoms with Gasteiger partial charge in [-0.3, -0.25) is 14.4 Å². The molecule has 7 nitrogen and oxygen atoms in total. The standard InChI is InChI=1S/C19H25N3O4/c1-26-12-6-10-20-17(23)13-22-15-8-3-2-7-14(15)18(24)21-11-5-4-9-16(21)19(22)25/h2-3,7-8,16H,4-6,9-13H2,1H3,(H,20,23). The van der Waals surface area contributed by atoms with Gasteiger partial charge in [0, 0.05) is 26.8 Å². The van der Waals surface area contributed by atoms with Crippen LogP contribution in [0.5, 0.6) is 0 Å². The van der Waals surface area contributed by atoms with Crippen molar-refractivity contribution in [3.63, 3.8) is 0 Å². The SMILES string of the molecule is COCCCNC(=O)CN1C(=O)C2CCCCN2C(=O)c2ccccc21. The molecular weight excluding hydrogens is 334 g/mol. The van der Waals surface area contributed by atoms with Gasteiger partial charge in [0.2, 0.25) is 11.8 Å². The molecule has 0 saturated carbocycles. The monoisotopic (exact) mass is 359 g/mol. The number of para-hydroxylation sites is 1. The number of fused-ring (bicyclic) bond motifs is 2. The van der Waals surface area contributed by atoms with Crippen LogP contribution in [0, 0.1) is 0 Å². The number of anilines is 1. The van der Waals surface area contributed by atoms with Crippen LogP contribution in [-0.4, -0.2) is 62.0 Å². The minimum Gasteiger partial charge on any atom is -0.385 e. The molecule has 2 heterocycles. The summed E-state index contributed by atoms with van der Waals surface area (Å²) in [4.78, 5) is 41.5. The fourth-order valence-corrected chi connectivity index (χ4v) is 3.58. The molecule has 1 unspecified atom stereocenters. The molecule has 0 aromatic heterocycles. The molecule has 1 atom stereocenters. The minimum atomic E-state index is -0.482. The van der Waals surface area contributed by atoms with E-state index in [2.05, 4.69) is 5.32 Å². The second-order valence-corrected chi connectivity index (χ2v) is 6.65. The van der Waals surface area contributed by atoms with E-state index in [4.69, 9.17) is 4.74 Å². The van der Waals surface area contributed by atoms with Crippen LogP contribution >= 0.6 is 0 Å². The third-order valence-corrected chi connectivity index (χ3v) is 4.89. The molecule has 1 fully saturated rings. The largest absolute Gasteiger partial charge is 0.385 e. The lowest BCUT2D eigenvalue weighted by atomic mass is 10.0. The van der Waals surface area contributed by atoms with Gasteiger partial charge in [-0.2, -0.15) is 0 Å². The van der Waals surface area contributed by atoms with Crippen LogP contribution in [0.1, 0.15) is 36.0 Å². The Kier molecular flexibility index (Phi) is 5.88. The van der Waals surface area contributed by atoms with E-state index in [-0.39, 0.29) is 24.3 Å². The van der Waals surface area contributed by atoms with Crippen molar-refractivity contribution >= 4 is 23.4 Å². The third kappa shape index (κ3) is 3.72. The molecule has 3 rings (SSSR count). The molecule has 1 saturated heterocycles. The minimum absolute atomic E-state index is 0.0829. The zero-order valence-electron chi connectivity index (χ0n) is 15.1.